The van der Waals surface area contributed by atoms with E-state index in [1.54, 1.807) is 6.07 Å². The van der Waals surface area contributed by atoms with Gasteiger partial charge in [0.25, 0.3) is 5.91 Å². The molecule has 1 saturated heterocycles. The SMILES string of the molecule is O=C(Cc1ccccc1)NC1C(=O)N2C(C(=O)OC(c3ccccc3)c3ccccc3)=C(Sc3cc(=O)c4cc(Cl)sc4s3)CS[C@H]12. The highest BCUT2D eigenvalue weighted by atomic mass is 35.5. The first-order chi connectivity index (χ1) is 22.9. The Morgan fingerprint density at radius 1 is 0.915 bits per heavy atom. The second kappa shape index (κ2) is 13.7. The molecule has 47 heavy (non-hydrogen) atoms. The predicted octanol–water partition coefficient (Wildman–Crippen LogP) is 7.26. The van der Waals surface area contributed by atoms with Crippen molar-refractivity contribution in [3.63, 3.8) is 0 Å². The normalized spacial score (nSPS) is 17.4. The van der Waals surface area contributed by atoms with E-state index in [-0.39, 0.29) is 23.5 Å². The Kier molecular flexibility index (Phi) is 9.24. The minimum absolute atomic E-state index is 0.123. The van der Waals surface area contributed by atoms with Crippen LogP contribution < -0.4 is 10.7 Å². The third-order valence-corrected chi connectivity index (χ3v) is 12.8. The highest BCUT2D eigenvalue weighted by Gasteiger charge is 2.55. The Morgan fingerprint density at radius 3 is 2.21 bits per heavy atom. The van der Waals surface area contributed by atoms with E-state index in [0.717, 1.165) is 20.7 Å². The van der Waals surface area contributed by atoms with Gasteiger partial charge in [0.1, 0.15) is 17.1 Å². The highest BCUT2D eigenvalue weighted by molar-refractivity contribution is 8.07. The number of benzene rings is 3. The first-order valence-corrected chi connectivity index (χ1v) is 18.5. The Labute approximate surface area is 291 Å². The number of β-lactam (4-membered cyclic amide) rings is 1. The van der Waals surface area contributed by atoms with Gasteiger partial charge in [-0.15, -0.1) is 34.4 Å². The fourth-order valence-corrected chi connectivity index (χ4v) is 11.1. The van der Waals surface area contributed by atoms with E-state index in [1.165, 1.54) is 57.2 Å². The minimum atomic E-state index is -0.787. The van der Waals surface area contributed by atoms with Crippen LogP contribution in [0.15, 0.2) is 123 Å². The number of hydrogen-bond donors (Lipinski definition) is 1. The molecule has 0 spiro atoms. The van der Waals surface area contributed by atoms with Crippen LogP contribution in [0.2, 0.25) is 4.34 Å². The molecule has 236 valence electrons. The molecule has 3 aromatic carbocycles. The molecule has 1 fully saturated rings. The van der Waals surface area contributed by atoms with E-state index in [1.807, 2.05) is 91.0 Å². The zero-order valence-corrected chi connectivity index (χ0v) is 28.5. The molecule has 1 unspecified atom stereocenters. The maximum absolute atomic E-state index is 14.3. The first-order valence-electron chi connectivity index (χ1n) is 14.6. The Hall–Kier alpha value is -3.87. The van der Waals surface area contributed by atoms with Crippen molar-refractivity contribution in [1.29, 1.82) is 0 Å². The maximum Gasteiger partial charge on any atom is 0.356 e. The number of esters is 1. The van der Waals surface area contributed by atoms with Gasteiger partial charge >= 0.3 is 5.97 Å². The molecule has 2 aliphatic rings. The van der Waals surface area contributed by atoms with Crippen LogP contribution in [0.1, 0.15) is 22.8 Å². The van der Waals surface area contributed by atoms with Crippen molar-refractivity contribution in [1.82, 2.24) is 10.2 Å². The van der Waals surface area contributed by atoms with Gasteiger partial charge in [-0.3, -0.25) is 19.3 Å². The molecule has 0 saturated carbocycles. The van der Waals surface area contributed by atoms with Gasteiger partial charge in [-0.25, -0.2) is 4.79 Å². The summed E-state index contributed by atoms with van der Waals surface area (Å²) in [5.41, 5.74) is 2.36. The Balaban J connectivity index is 1.22. The lowest BCUT2D eigenvalue weighted by Crippen LogP contribution is -2.70. The third kappa shape index (κ3) is 6.63. The largest absolute Gasteiger partial charge is 0.448 e. The number of thiophene rings is 1. The summed E-state index contributed by atoms with van der Waals surface area (Å²) in [7, 11) is 0. The van der Waals surface area contributed by atoms with Crippen LogP contribution >= 0.6 is 57.8 Å². The smallest absolute Gasteiger partial charge is 0.356 e. The predicted molar refractivity (Wildman–Crippen MR) is 190 cm³/mol. The fourth-order valence-electron chi connectivity index (χ4n) is 5.48. The standard InChI is InChI=1S/C35H25ClN2O5S4/c36-26-17-23-24(39)18-28(47-35(23)46-26)45-25-19-44-33-29(37-27(40)16-20-10-4-1-5-11-20)32(41)38(33)30(25)34(42)43-31(21-12-6-2-7-13-21)22-14-8-3-9-15-22/h1-15,17-18,29,31,33H,16,19H2,(H,37,40)/t29?,33-/m1/s1. The van der Waals surface area contributed by atoms with Crippen molar-refractivity contribution in [3.8, 4) is 0 Å². The zero-order valence-electron chi connectivity index (χ0n) is 24.5. The van der Waals surface area contributed by atoms with Crippen molar-refractivity contribution in [2.75, 3.05) is 5.75 Å². The van der Waals surface area contributed by atoms with E-state index < -0.39 is 29.4 Å². The number of hydrogen-bond acceptors (Lipinski definition) is 9. The van der Waals surface area contributed by atoms with Crippen LogP contribution in [0.5, 0.6) is 0 Å². The molecule has 12 heteroatoms. The summed E-state index contributed by atoms with van der Waals surface area (Å²) in [4.78, 5) is 55.9. The summed E-state index contributed by atoms with van der Waals surface area (Å²) in [6.07, 6.45) is -0.590. The summed E-state index contributed by atoms with van der Waals surface area (Å²) in [5.74, 6) is -0.951. The van der Waals surface area contributed by atoms with Gasteiger partial charge in [0.2, 0.25) is 5.91 Å². The van der Waals surface area contributed by atoms with E-state index in [4.69, 9.17) is 16.3 Å². The molecule has 1 N–H and O–H groups in total. The lowest BCUT2D eigenvalue weighted by atomic mass is 10.0. The van der Waals surface area contributed by atoms with Crippen LogP contribution in [0.3, 0.4) is 0 Å². The van der Waals surface area contributed by atoms with Gasteiger partial charge in [-0.05, 0) is 22.8 Å². The number of carbonyl (C=O) groups excluding carboxylic acids is 3. The van der Waals surface area contributed by atoms with Crippen molar-refractivity contribution in [2.24, 2.45) is 0 Å². The molecule has 2 amide bonds. The van der Waals surface area contributed by atoms with Gasteiger partial charge in [0.05, 0.1) is 24.4 Å². The van der Waals surface area contributed by atoms with Crippen molar-refractivity contribution >= 4 is 85.0 Å². The van der Waals surface area contributed by atoms with Gasteiger partial charge in [0, 0.05) is 16.7 Å². The van der Waals surface area contributed by atoms with E-state index in [9.17, 15) is 19.2 Å². The number of amides is 2. The molecule has 4 heterocycles. The number of nitrogens with zero attached hydrogens (tertiary/aromatic N) is 1. The summed E-state index contributed by atoms with van der Waals surface area (Å²) in [5, 5.41) is 2.95. The molecule has 5 aromatic rings. The number of fused-ring (bicyclic) bond motifs is 2. The average Bonchev–Trinajstić information content (AvgIpc) is 3.47. The number of nitrogens with one attached hydrogen (secondary N) is 1. The summed E-state index contributed by atoms with van der Waals surface area (Å²) in [6.45, 7) is 0. The van der Waals surface area contributed by atoms with Gasteiger partial charge in [-0.2, -0.15) is 0 Å². The second-order valence-corrected chi connectivity index (χ2v) is 16.3. The van der Waals surface area contributed by atoms with Crippen LogP contribution in [-0.4, -0.2) is 39.9 Å². The molecule has 2 aliphatic heterocycles. The molecule has 2 atom stereocenters. The van der Waals surface area contributed by atoms with Gasteiger partial charge in [0.15, 0.2) is 11.5 Å². The third-order valence-electron chi connectivity index (χ3n) is 7.68. The molecule has 7 nitrogen and oxygen atoms in total. The van der Waals surface area contributed by atoms with Crippen molar-refractivity contribution < 1.29 is 19.1 Å². The van der Waals surface area contributed by atoms with E-state index in [0.29, 0.717) is 24.6 Å². The van der Waals surface area contributed by atoms with Gasteiger partial charge in [-0.1, -0.05) is 114 Å². The first kappa shape index (κ1) is 31.7. The second-order valence-electron chi connectivity index (χ2n) is 10.8. The average molecular weight is 717 g/mol. The number of ether oxygens (including phenoxy) is 1. The van der Waals surface area contributed by atoms with Crippen LogP contribution in [0, 0.1) is 0 Å². The van der Waals surface area contributed by atoms with Crippen LogP contribution in [0.25, 0.3) is 9.40 Å². The van der Waals surface area contributed by atoms with Crippen LogP contribution in [0.4, 0.5) is 0 Å². The van der Waals surface area contributed by atoms with E-state index >= 15 is 0 Å². The molecule has 2 aromatic heterocycles. The fraction of sp³-hybridized carbons (Fsp3) is 0.143. The quantitative estimate of drug-likeness (QED) is 0.127. The van der Waals surface area contributed by atoms with Gasteiger partial charge < -0.3 is 10.1 Å². The summed E-state index contributed by atoms with van der Waals surface area (Å²) < 4.78 is 8.22. The molecule has 0 bridgehead atoms. The molecule has 0 aliphatic carbocycles. The minimum Gasteiger partial charge on any atom is -0.448 e. The number of thioether (sulfide) groups is 2. The van der Waals surface area contributed by atoms with E-state index in [2.05, 4.69) is 5.32 Å². The Morgan fingerprint density at radius 2 is 1.55 bits per heavy atom. The molecule has 7 rings (SSSR count). The number of rotatable bonds is 9. The van der Waals surface area contributed by atoms with Crippen LogP contribution in [-0.2, 0) is 25.5 Å². The lowest BCUT2D eigenvalue weighted by molar-refractivity contribution is -0.154. The topological polar surface area (TPSA) is 92.8 Å². The summed E-state index contributed by atoms with van der Waals surface area (Å²) in [6, 6.07) is 30.6. The van der Waals surface area contributed by atoms with Crippen molar-refractivity contribution in [2.45, 2.75) is 28.1 Å². The van der Waals surface area contributed by atoms with Crippen molar-refractivity contribution in [3.05, 3.63) is 145 Å². The Bertz CT molecular complexity index is 2030. The monoisotopic (exact) mass is 716 g/mol. The zero-order chi connectivity index (χ0) is 32.5. The number of carbonyl (C=O) groups is 3. The maximum atomic E-state index is 14.3. The highest BCUT2D eigenvalue weighted by Crippen LogP contribution is 2.47. The lowest BCUT2D eigenvalue weighted by Gasteiger charge is -2.49. The molecular formula is C35H25ClN2O5S4. The molecule has 0 radical (unpaired) electrons. The number of halogens is 1. The summed E-state index contributed by atoms with van der Waals surface area (Å²) >= 11 is 11.7. The molecular weight excluding hydrogens is 692 g/mol.